The van der Waals surface area contributed by atoms with Crippen molar-refractivity contribution in [3.63, 3.8) is 0 Å². The summed E-state index contributed by atoms with van der Waals surface area (Å²) in [5.74, 6) is 1.70. The summed E-state index contributed by atoms with van der Waals surface area (Å²) >= 11 is 0. The Bertz CT molecular complexity index is 833. The lowest BCUT2D eigenvalue weighted by Gasteiger charge is -2.22. The number of ether oxygens (including phenoxy) is 1. The van der Waals surface area contributed by atoms with E-state index in [0.717, 1.165) is 22.6 Å². The second-order valence-electron chi connectivity index (χ2n) is 7.25. The largest absolute Gasteiger partial charge is 0.497 e. The number of nitrogens with zero attached hydrogens (tertiary/aromatic N) is 4. The SMILES string of the molecule is CN=C(NCC(=O)NCc1ccc(OC)cc1)N(C)Cc1cn(C)nc1C(C)C.I. The predicted octanol–water partition coefficient (Wildman–Crippen LogP) is 2.49. The number of guanidine groups is 1. The number of aryl methyl sites for hydroxylation is 1. The van der Waals surface area contributed by atoms with Crippen LogP contribution in [0, 0.1) is 0 Å². The Hall–Kier alpha value is -2.30. The van der Waals surface area contributed by atoms with Crippen LogP contribution in [-0.4, -0.2) is 54.3 Å². The van der Waals surface area contributed by atoms with Crippen molar-refractivity contribution in [1.29, 1.82) is 0 Å². The molecule has 1 aromatic carbocycles. The highest BCUT2D eigenvalue weighted by Gasteiger charge is 2.15. The smallest absolute Gasteiger partial charge is 0.239 e. The third kappa shape index (κ3) is 7.51. The number of methoxy groups -OCH3 is 1. The van der Waals surface area contributed by atoms with Crippen LogP contribution < -0.4 is 15.4 Å². The van der Waals surface area contributed by atoms with Gasteiger partial charge in [0.25, 0.3) is 0 Å². The fraction of sp³-hybridized carbons (Fsp3) is 0.476. The van der Waals surface area contributed by atoms with Crippen molar-refractivity contribution in [1.82, 2.24) is 25.3 Å². The average molecular weight is 528 g/mol. The first-order valence-electron chi connectivity index (χ1n) is 9.67. The summed E-state index contributed by atoms with van der Waals surface area (Å²) in [5, 5.41) is 10.6. The molecule has 2 N–H and O–H groups in total. The molecule has 1 aromatic heterocycles. The molecule has 166 valence electrons. The molecule has 0 unspecified atom stereocenters. The minimum atomic E-state index is -0.0976. The molecule has 0 saturated carbocycles. The van der Waals surface area contributed by atoms with Gasteiger partial charge in [-0.25, -0.2) is 0 Å². The normalized spacial score (nSPS) is 11.1. The molecule has 0 saturated heterocycles. The van der Waals surface area contributed by atoms with Crippen molar-refractivity contribution in [2.45, 2.75) is 32.9 Å². The molecule has 0 bridgehead atoms. The molecule has 0 fully saturated rings. The van der Waals surface area contributed by atoms with Crippen molar-refractivity contribution in [3.05, 3.63) is 47.3 Å². The van der Waals surface area contributed by atoms with Crippen LogP contribution in [0.2, 0.25) is 0 Å². The van der Waals surface area contributed by atoms with E-state index in [0.29, 0.717) is 25.0 Å². The lowest BCUT2D eigenvalue weighted by atomic mass is 10.1. The fourth-order valence-electron chi connectivity index (χ4n) is 3.04. The Morgan fingerprint density at radius 1 is 1.27 bits per heavy atom. The van der Waals surface area contributed by atoms with Crippen molar-refractivity contribution in [2.24, 2.45) is 12.0 Å². The van der Waals surface area contributed by atoms with Gasteiger partial charge in [-0.2, -0.15) is 5.10 Å². The van der Waals surface area contributed by atoms with E-state index in [2.05, 4.69) is 34.6 Å². The van der Waals surface area contributed by atoms with Gasteiger partial charge in [-0.15, -0.1) is 24.0 Å². The van der Waals surface area contributed by atoms with Crippen LogP contribution in [0.25, 0.3) is 0 Å². The quantitative estimate of drug-likeness (QED) is 0.313. The van der Waals surface area contributed by atoms with Gasteiger partial charge in [0.2, 0.25) is 5.91 Å². The van der Waals surface area contributed by atoms with Gasteiger partial charge in [0.1, 0.15) is 5.75 Å². The van der Waals surface area contributed by atoms with Gasteiger partial charge in [-0.1, -0.05) is 26.0 Å². The summed E-state index contributed by atoms with van der Waals surface area (Å²) in [6, 6.07) is 7.61. The van der Waals surface area contributed by atoms with E-state index >= 15 is 0 Å². The molecule has 0 aliphatic carbocycles. The third-order valence-corrected chi connectivity index (χ3v) is 4.52. The highest BCUT2D eigenvalue weighted by Crippen LogP contribution is 2.18. The molecule has 1 heterocycles. The number of aromatic nitrogens is 2. The summed E-state index contributed by atoms with van der Waals surface area (Å²) in [4.78, 5) is 18.5. The van der Waals surface area contributed by atoms with Gasteiger partial charge in [0.15, 0.2) is 5.96 Å². The molecule has 8 nitrogen and oxygen atoms in total. The molecule has 2 rings (SSSR count). The Kier molecular flexibility index (Phi) is 10.6. The number of halogens is 1. The van der Waals surface area contributed by atoms with Crippen LogP contribution in [0.5, 0.6) is 5.75 Å². The first-order valence-corrected chi connectivity index (χ1v) is 9.67. The highest BCUT2D eigenvalue weighted by atomic mass is 127. The van der Waals surface area contributed by atoms with E-state index < -0.39 is 0 Å². The molecular weight excluding hydrogens is 495 g/mol. The second-order valence-corrected chi connectivity index (χ2v) is 7.25. The zero-order valence-corrected chi connectivity index (χ0v) is 20.9. The van der Waals surface area contributed by atoms with Crippen molar-refractivity contribution < 1.29 is 9.53 Å². The number of benzene rings is 1. The lowest BCUT2D eigenvalue weighted by molar-refractivity contribution is -0.120. The van der Waals surface area contributed by atoms with E-state index in [1.807, 2.05) is 54.1 Å². The highest BCUT2D eigenvalue weighted by molar-refractivity contribution is 14.0. The minimum Gasteiger partial charge on any atom is -0.497 e. The molecule has 0 aliphatic heterocycles. The summed E-state index contributed by atoms with van der Waals surface area (Å²) in [6.45, 7) is 5.54. The third-order valence-electron chi connectivity index (χ3n) is 4.52. The van der Waals surface area contributed by atoms with Crippen LogP contribution in [0.15, 0.2) is 35.5 Å². The maximum Gasteiger partial charge on any atom is 0.239 e. The number of carbonyl (C=O) groups excluding carboxylic acids is 1. The maximum absolute atomic E-state index is 12.2. The van der Waals surface area contributed by atoms with Gasteiger partial charge in [0.05, 0.1) is 19.3 Å². The Morgan fingerprint density at radius 2 is 1.93 bits per heavy atom. The molecule has 9 heteroatoms. The molecule has 2 aromatic rings. The first-order chi connectivity index (χ1) is 13.8. The zero-order chi connectivity index (χ0) is 21.4. The van der Waals surface area contributed by atoms with Gasteiger partial charge < -0.3 is 20.3 Å². The number of carbonyl (C=O) groups is 1. The Balaban J connectivity index is 0.00000450. The van der Waals surface area contributed by atoms with Crippen LogP contribution in [0.3, 0.4) is 0 Å². The molecule has 1 amide bonds. The zero-order valence-electron chi connectivity index (χ0n) is 18.6. The van der Waals surface area contributed by atoms with Crippen LogP contribution in [-0.2, 0) is 24.9 Å². The van der Waals surface area contributed by atoms with Crippen LogP contribution in [0.1, 0.15) is 36.6 Å². The van der Waals surface area contributed by atoms with E-state index in [-0.39, 0.29) is 36.4 Å². The Labute approximate surface area is 196 Å². The van der Waals surface area contributed by atoms with E-state index in [1.54, 1.807) is 14.2 Å². The molecule has 0 radical (unpaired) electrons. The van der Waals surface area contributed by atoms with Crippen LogP contribution >= 0.6 is 24.0 Å². The van der Waals surface area contributed by atoms with Gasteiger partial charge in [-0.3, -0.25) is 14.5 Å². The predicted molar refractivity (Wildman–Crippen MR) is 130 cm³/mol. The van der Waals surface area contributed by atoms with E-state index in [4.69, 9.17) is 4.74 Å². The summed E-state index contributed by atoms with van der Waals surface area (Å²) < 4.78 is 6.97. The number of aliphatic imine (C=N–C) groups is 1. The first kappa shape index (κ1) is 25.7. The van der Waals surface area contributed by atoms with Crippen molar-refractivity contribution in [2.75, 3.05) is 27.7 Å². The van der Waals surface area contributed by atoms with Gasteiger partial charge in [0, 0.05) is 46.0 Å². The molecule has 0 spiro atoms. The lowest BCUT2D eigenvalue weighted by Crippen LogP contribution is -2.43. The summed E-state index contributed by atoms with van der Waals surface area (Å²) in [6.07, 6.45) is 2.03. The minimum absolute atomic E-state index is 0. The van der Waals surface area contributed by atoms with Crippen molar-refractivity contribution >= 4 is 35.8 Å². The molecule has 0 aliphatic rings. The second kappa shape index (κ2) is 12.4. The van der Waals surface area contributed by atoms with Crippen LogP contribution in [0.4, 0.5) is 0 Å². The summed E-state index contributed by atoms with van der Waals surface area (Å²) in [7, 11) is 7.21. The number of hydrogen-bond donors (Lipinski definition) is 2. The maximum atomic E-state index is 12.2. The number of amides is 1. The van der Waals surface area contributed by atoms with E-state index in [1.165, 1.54) is 0 Å². The molecule has 30 heavy (non-hydrogen) atoms. The van der Waals surface area contributed by atoms with Gasteiger partial charge >= 0.3 is 0 Å². The average Bonchev–Trinajstić information content (AvgIpc) is 3.07. The number of rotatable bonds is 8. The monoisotopic (exact) mass is 528 g/mol. The molecular formula is C21H33IN6O2. The standard InChI is InChI=1S/C21H32N6O2.HI/c1-15(2)20-17(14-27(5)25-20)13-26(4)21(22-3)24-12-19(28)23-11-16-7-9-18(29-6)10-8-16;/h7-10,14-15H,11-13H2,1-6H3,(H,22,24)(H,23,28);1H. The number of hydrogen-bond acceptors (Lipinski definition) is 4. The van der Waals surface area contributed by atoms with E-state index in [9.17, 15) is 4.79 Å². The topological polar surface area (TPSA) is 83.8 Å². The van der Waals surface area contributed by atoms with Gasteiger partial charge in [-0.05, 0) is 23.6 Å². The fourth-order valence-corrected chi connectivity index (χ4v) is 3.04. The summed E-state index contributed by atoms with van der Waals surface area (Å²) in [5.41, 5.74) is 3.24. The molecule has 0 atom stereocenters. The van der Waals surface area contributed by atoms with Crippen molar-refractivity contribution in [3.8, 4) is 5.75 Å². The Morgan fingerprint density at radius 3 is 2.50 bits per heavy atom. The number of nitrogens with one attached hydrogen (secondary N) is 2.